The second kappa shape index (κ2) is 5.74. The summed E-state index contributed by atoms with van der Waals surface area (Å²) in [4.78, 5) is 2.49. The van der Waals surface area contributed by atoms with Crippen LogP contribution < -0.4 is 10.2 Å². The lowest BCUT2D eigenvalue weighted by Crippen LogP contribution is -2.47. The monoisotopic (exact) mass is 250 g/mol. The minimum Gasteiger partial charge on any atom is -0.366 e. The molecular formula is C14H26N4. The Morgan fingerprint density at radius 1 is 1.50 bits per heavy atom. The molecule has 4 nitrogen and oxygen atoms in total. The van der Waals surface area contributed by atoms with Crippen molar-refractivity contribution in [3.8, 4) is 0 Å². The first-order chi connectivity index (χ1) is 8.61. The predicted octanol–water partition coefficient (Wildman–Crippen LogP) is 2.43. The molecule has 4 heteroatoms. The van der Waals surface area contributed by atoms with E-state index in [1.165, 1.54) is 18.5 Å². The Morgan fingerprint density at radius 3 is 2.83 bits per heavy atom. The highest BCUT2D eigenvalue weighted by molar-refractivity contribution is 5.44. The Morgan fingerprint density at radius 2 is 2.28 bits per heavy atom. The normalized spacial score (nSPS) is 24.8. The maximum Gasteiger partial charge on any atom is 0.0755 e. The lowest BCUT2D eigenvalue weighted by Gasteiger charge is -2.38. The highest BCUT2D eigenvalue weighted by atomic mass is 15.3. The number of nitrogens with zero attached hydrogens (tertiary/aromatic N) is 3. The van der Waals surface area contributed by atoms with Gasteiger partial charge in [0.05, 0.1) is 11.9 Å². The second-order valence-corrected chi connectivity index (χ2v) is 5.59. The largest absolute Gasteiger partial charge is 0.366 e. The third-order valence-electron chi connectivity index (χ3n) is 3.82. The first-order valence-corrected chi connectivity index (χ1v) is 7.16. The van der Waals surface area contributed by atoms with Crippen LogP contribution in [0, 0.1) is 0 Å². The van der Waals surface area contributed by atoms with Gasteiger partial charge in [0.2, 0.25) is 0 Å². The molecular weight excluding hydrogens is 224 g/mol. The zero-order valence-corrected chi connectivity index (χ0v) is 12.1. The molecule has 1 N–H and O–H groups in total. The molecule has 1 aromatic heterocycles. The third kappa shape index (κ3) is 2.86. The van der Waals surface area contributed by atoms with Crippen molar-refractivity contribution < 1.29 is 0 Å². The summed E-state index contributed by atoms with van der Waals surface area (Å²) in [5.74, 6) is 0. The molecule has 0 saturated carbocycles. The summed E-state index contributed by atoms with van der Waals surface area (Å²) < 4.78 is 2.04. The van der Waals surface area contributed by atoms with Crippen molar-refractivity contribution in [3.05, 3.63) is 12.4 Å². The van der Waals surface area contributed by atoms with Crippen molar-refractivity contribution in [1.82, 2.24) is 15.1 Å². The first kappa shape index (κ1) is 13.4. The van der Waals surface area contributed by atoms with E-state index in [-0.39, 0.29) is 0 Å². The molecule has 0 spiro atoms. The van der Waals surface area contributed by atoms with E-state index in [0.717, 1.165) is 13.1 Å². The fourth-order valence-corrected chi connectivity index (χ4v) is 2.79. The van der Waals surface area contributed by atoms with Crippen molar-refractivity contribution in [1.29, 1.82) is 0 Å². The van der Waals surface area contributed by atoms with Gasteiger partial charge in [-0.2, -0.15) is 5.10 Å². The lowest BCUT2D eigenvalue weighted by atomic mass is 9.98. The van der Waals surface area contributed by atoms with Crippen LogP contribution in [0.2, 0.25) is 0 Å². The number of anilines is 1. The van der Waals surface area contributed by atoms with Gasteiger partial charge in [0, 0.05) is 30.9 Å². The van der Waals surface area contributed by atoms with E-state index in [1.807, 2.05) is 10.9 Å². The van der Waals surface area contributed by atoms with E-state index in [4.69, 9.17) is 0 Å². The summed E-state index contributed by atoms with van der Waals surface area (Å²) >= 11 is 0. The van der Waals surface area contributed by atoms with Gasteiger partial charge in [0.1, 0.15) is 0 Å². The van der Waals surface area contributed by atoms with Crippen LogP contribution >= 0.6 is 0 Å². The van der Waals surface area contributed by atoms with Crippen LogP contribution in [-0.2, 0) is 0 Å². The minimum atomic E-state index is 0.438. The van der Waals surface area contributed by atoms with Gasteiger partial charge >= 0.3 is 0 Å². The van der Waals surface area contributed by atoms with Gasteiger partial charge in [-0.1, -0.05) is 6.92 Å². The molecule has 2 unspecified atom stereocenters. The Balaban J connectivity index is 2.01. The summed E-state index contributed by atoms with van der Waals surface area (Å²) in [5, 5.41) is 8.00. The lowest BCUT2D eigenvalue weighted by molar-refractivity contribution is 0.374. The van der Waals surface area contributed by atoms with E-state index in [2.05, 4.69) is 49.2 Å². The topological polar surface area (TPSA) is 33.1 Å². The zero-order chi connectivity index (χ0) is 13.1. The number of hydrogen-bond acceptors (Lipinski definition) is 3. The summed E-state index contributed by atoms with van der Waals surface area (Å²) in [6, 6.07) is 1.71. The van der Waals surface area contributed by atoms with Crippen molar-refractivity contribution in [2.45, 2.75) is 58.7 Å². The Bertz CT molecular complexity index is 372. The molecule has 1 fully saturated rings. The van der Waals surface area contributed by atoms with Crippen molar-refractivity contribution in [3.63, 3.8) is 0 Å². The fraction of sp³-hybridized carbons (Fsp3) is 0.786. The quantitative estimate of drug-likeness (QED) is 0.891. The SMILES string of the molecule is CCNC1CCN(c2cnn(C(C)C)c2)C(C)C1. The minimum absolute atomic E-state index is 0.438. The van der Waals surface area contributed by atoms with Gasteiger partial charge in [-0.3, -0.25) is 4.68 Å². The van der Waals surface area contributed by atoms with E-state index in [0.29, 0.717) is 18.1 Å². The van der Waals surface area contributed by atoms with Crippen LogP contribution in [0.4, 0.5) is 5.69 Å². The van der Waals surface area contributed by atoms with E-state index in [9.17, 15) is 0 Å². The summed E-state index contributed by atoms with van der Waals surface area (Å²) in [6.07, 6.45) is 6.63. The smallest absolute Gasteiger partial charge is 0.0755 e. The van der Waals surface area contributed by atoms with E-state index >= 15 is 0 Å². The maximum absolute atomic E-state index is 4.44. The van der Waals surface area contributed by atoms with Crippen molar-refractivity contribution >= 4 is 5.69 Å². The van der Waals surface area contributed by atoms with Gasteiger partial charge in [-0.25, -0.2) is 0 Å². The molecule has 0 aromatic carbocycles. The number of rotatable bonds is 4. The second-order valence-electron chi connectivity index (χ2n) is 5.59. The standard InChI is InChI=1S/C14H26N4/c1-5-15-13-6-7-17(12(4)8-13)14-9-16-18(10-14)11(2)3/h9-13,15H,5-8H2,1-4H3. The third-order valence-corrected chi connectivity index (χ3v) is 3.82. The van der Waals surface area contributed by atoms with Crippen LogP contribution in [-0.4, -0.2) is 35.0 Å². The molecule has 0 radical (unpaired) electrons. The molecule has 0 aliphatic carbocycles. The molecule has 18 heavy (non-hydrogen) atoms. The first-order valence-electron chi connectivity index (χ1n) is 7.16. The van der Waals surface area contributed by atoms with Crippen LogP contribution in [0.15, 0.2) is 12.4 Å². The molecule has 1 aromatic rings. The highest BCUT2D eigenvalue weighted by Gasteiger charge is 2.25. The van der Waals surface area contributed by atoms with Gasteiger partial charge in [-0.15, -0.1) is 0 Å². The van der Waals surface area contributed by atoms with Crippen molar-refractivity contribution in [2.75, 3.05) is 18.0 Å². The Hall–Kier alpha value is -1.03. The molecule has 2 heterocycles. The predicted molar refractivity (Wildman–Crippen MR) is 76.1 cm³/mol. The van der Waals surface area contributed by atoms with Crippen LogP contribution in [0.25, 0.3) is 0 Å². The van der Waals surface area contributed by atoms with Crippen molar-refractivity contribution in [2.24, 2.45) is 0 Å². The average molecular weight is 250 g/mol. The summed E-state index contributed by atoms with van der Waals surface area (Å²) in [6.45, 7) is 11.0. The number of nitrogens with one attached hydrogen (secondary N) is 1. The molecule has 1 aliphatic rings. The van der Waals surface area contributed by atoms with Gasteiger partial charge in [0.25, 0.3) is 0 Å². The zero-order valence-electron chi connectivity index (χ0n) is 12.1. The number of hydrogen-bond donors (Lipinski definition) is 1. The number of aromatic nitrogens is 2. The average Bonchev–Trinajstić information content (AvgIpc) is 2.79. The Kier molecular flexibility index (Phi) is 4.27. The Labute approximate surface area is 110 Å². The maximum atomic E-state index is 4.44. The van der Waals surface area contributed by atoms with Gasteiger partial charge < -0.3 is 10.2 Å². The summed E-state index contributed by atoms with van der Waals surface area (Å²) in [7, 11) is 0. The van der Waals surface area contributed by atoms with Gasteiger partial charge in [-0.05, 0) is 40.2 Å². The molecule has 1 aliphatic heterocycles. The molecule has 102 valence electrons. The van der Waals surface area contributed by atoms with Crippen LogP contribution in [0.3, 0.4) is 0 Å². The van der Waals surface area contributed by atoms with Crippen LogP contribution in [0.5, 0.6) is 0 Å². The summed E-state index contributed by atoms with van der Waals surface area (Å²) in [5.41, 5.74) is 1.27. The molecule has 1 saturated heterocycles. The molecule has 2 rings (SSSR count). The van der Waals surface area contributed by atoms with Crippen LogP contribution in [0.1, 0.15) is 46.6 Å². The number of piperidine rings is 1. The van der Waals surface area contributed by atoms with Gasteiger partial charge in [0.15, 0.2) is 0 Å². The molecule has 2 atom stereocenters. The molecule has 0 amide bonds. The fourth-order valence-electron chi connectivity index (χ4n) is 2.79. The van der Waals surface area contributed by atoms with E-state index in [1.54, 1.807) is 0 Å². The van der Waals surface area contributed by atoms with E-state index < -0.39 is 0 Å². The molecule has 0 bridgehead atoms. The highest BCUT2D eigenvalue weighted by Crippen LogP contribution is 2.25.